The molecule has 0 aromatic carbocycles. The highest BCUT2D eigenvalue weighted by molar-refractivity contribution is 7.92. The number of rotatable bonds is 6. The molecule has 0 amide bonds. The lowest BCUT2D eigenvalue weighted by atomic mass is 10.2. The smallest absolute Gasteiger partial charge is 0.293 e. The van der Waals surface area contributed by atoms with Crippen molar-refractivity contribution in [3.63, 3.8) is 0 Å². The molecule has 1 N–H and O–H groups in total. The molecule has 0 bridgehead atoms. The summed E-state index contributed by atoms with van der Waals surface area (Å²) in [6.45, 7) is 5.97. The monoisotopic (exact) mass is 287 g/mol. The molecule has 0 aliphatic rings. The van der Waals surface area contributed by atoms with Crippen LogP contribution in [0.25, 0.3) is 0 Å². The van der Waals surface area contributed by atoms with E-state index < -0.39 is 14.6 Å². The lowest BCUT2D eigenvalue weighted by Crippen LogP contribution is -2.39. The van der Waals surface area contributed by atoms with Gasteiger partial charge in [0.2, 0.25) is 0 Å². The van der Waals surface area contributed by atoms with Crippen LogP contribution in [0.5, 0.6) is 0 Å². The van der Waals surface area contributed by atoms with Crippen molar-refractivity contribution in [2.24, 2.45) is 0 Å². The first-order valence-electron chi connectivity index (χ1n) is 6.18. The van der Waals surface area contributed by atoms with Gasteiger partial charge >= 0.3 is 0 Å². The van der Waals surface area contributed by atoms with Crippen molar-refractivity contribution in [1.82, 2.24) is 9.55 Å². The van der Waals surface area contributed by atoms with Crippen molar-refractivity contribution in [2.45, 2.75) is 38.5 Å². The van der Waals surface area contributed by atoms with Crippen LogP contribution >= 0.6 is 0 Å². The molecule has 1 aromatic heterocycles. The number of hydrogen-bond acceptors (Lipinski definition) is 5. The van der Waals surface area contributed by atoms with Gasteiger partial charge in [-0.1, -0.05) is 6.92 Å². The van der Waals surface area contributed by atoms with Crippen molar-refractivity contribution in [1.29, 1.82) is 0 Å². The fourth-order valence-electron chi connectivity index (χ4n) is 1.41. The molecule has 19 heavy (non-hydrogen) atoms. The molecule has 6 nitrogen and oxygen atoms in total. The third kappa shape index (κ3) is 3.79. The van der Waals surface area contributed by atoms with E-state index in [2.05, 4.69) is 10.3 Å². The maximum atomic E-state index is 12.0. The Labute approximate surface area is 113 Å². The van der Waals surface area contributed by atoms with Crippen LogP contribution in [0.15, 0.2) is 17.2 Å². The number of sulfone groups is 1. The van der Waals surface area contributed by atoms with Gasteiger partial charge in [-0.05, 0) is 20.3 Å². The minimum absolute atomic E-state index is 0.143. The number of anilines is 1. The van der Waals surface area contributed by atoms with E-state index in [1.165, 1.54) is 12.5 Å². The van der Waals surface area contributed by atoms with Gasteiger partial charge in [0.15, 0.2) is 15.7 Å². The van der Waals surface area contributed by atoms with Gasteiger partial charge in [0, 0.05) is 31.7 Å². The lowest BCUT2D eigenvalue weighted by Gasteiger charge is -2.22. The fourth-order valence-corrected chi connectivity index (χ4v) is 1.75. The number of hydrogen-bond donors (Lipinski definition) is 1. The van der Waals surface area contributed by atoms with Crippen LogP contribution in [0.4, 0.5) is 5.82 Å². The highest BCUT2D eigenvalue weighted by Crippen LogP contribution is 2.14. The summed E-state index contributed by atoms with van der Waals surface area (Å²) < 4.78 is 23.8. The second kappa shape index (κ2) is 5.73. The van der Waals surface area contributed by atoms with Crippen molar-refractivity contribution in [3.8, 4) is 0 Å². The van der Waals surface area contributed by atoms with Crippen LogP contribution in [-0.4, -0.2) is 35.5 Å². The first-order chi connectivity index (χ1) is 8.69. The van der Waals surface area contributed by atoms with Crippen molar-refractivity contribution in [2.75, 3.05) is 18.1 Å². The predicted octanol–water partition coefficient (Wildman–Crippen LogP) is 0.888. The highest BCUT2D eigenvalue weighted by atomic mass is 32.2. The highest BCUT2D eigenvalue weighted by Gasteiger charge is 2.30. The summed E-state index contributed by atoms with van der Waals surface area (Å²) in [7, 11) is -3.20. The number of nitrogens with zero attached hydrogens (tertiary/aromatic N) is 2. The summed E-state index contributed by atoms with van der Waals surface area (Å²) in [5.74, 6) is 0.188. The second-order valence-corrected chi connectivity index (χ2v) is 7.81. The largest absolute Gasteiger partial charge is 0.364 e. The van der Waals surface area contributed by atoms with Crippen LogP contribution in [0, 0.1) is 0 Å². The van der Waals surface area contributed by atoms with E-state index in [1.807, 2.05) is 6.92 Å². The minimum Gasteiger partial charge on any atom is -0.364 e. The molecule has 0 radical (unpaired) electrons. The third-order valence-electron chi connectivity index (χ3n) is 3.06. The maximum absolute atomic E-state index is 12.0. The molecule has 108 valence electrons. The Balaban J connectivity index is 2.91. The Morgan fingerprint density at radius 2 is 2.05 bits per heavy atom. The molecule has 1 aromatic rings. The zero-order chi connectivity index (χ0) is 14.7. The SMILES string of the molecule is CCCn1ccnc(NCC(C)(C)S(C)(=O)=O)c1=O. The molecule has 0 aliphatic carbocycles. The molecule has 1 heterocycles. The molecule has 0 saturated carbocycles. The Bertz CT molecular complexity index is 590. The molecule has 0 unspecified atom stereocenters. The van der Waals surface area contributed by atoms with Crippen LogP contribution in [0.3, 0.4) is 0 Å². The second-order valence-electron chi connectivity index (χ2n) is 5.16. The van der Waals surface area contributed by atoms with E-state index in [-0.39, 0.29) is 17.9 Å². The summed E-state index contributed by atoms with van der Waals surface area (Å²) in [6.07, 6.45) is 5.19. The molecule has 0 saturated heterocycles. The summed E-state index contributed by atoms with van der Waals surface area (Å²) in [5.41, 5.74) is -0.228. The molecule has 7 heteroatoms. The van der Waals surface area contributed by atoms with Gasteiger partial charge in [-0.25, -0.2) is 13.4 Å². The lowest BCUT2D eigenvalue weighted by molar-refractivity contribution is 0.559. The van der Waals surface area contributed by atoms with Gasteiger partial charge in [-0.15, -0.1) is 0 Å². The molecule has 0 fully saturated rings. The number of aromatic nitrogens is 2. The van der Waals surface area contributed by atoms with E-state index in [4.69, 9.17) is 0 Å². The van der Waals surface area contributed by atoms with Crippen molar-refractivity contribution >= 4 is 15.7 Å². The van der Waals surface area contributed by atoms with Gasteiger partial charge in [0.1, 0.15) is 0 Å². The molecule has 0 aliphatic heterocycles. The molecular formula is C12H21N3O3S. The average Bonchev–Trinajstić information content (AvgIpc) is 2.29. The number of aryl methyl sites for hydroxylation is 1. The molecule has 0 atom stereocenters. The normalized spacial score (nSPS) is 12.4. The zero-order valence-electron chi connectivity index (χ0n) is 11.8. The Morgan fingerprint density at radius 3 is 2.58 bits per heavy atom. The quantitative estimate of drug-likeness (QED) is 0.840. The summed E-state index contributed by atoms with van der Waals surface area (Å²) in [4.78, 5) is 16.0. The third-order valence-corrected chi connectivity index (χ3v) is 5.22. The van der Waals surface area contributed by atoms with Crippen molar-refractivity contribution in [3.05, 3.63) is 22.7 Å². The number of nitrogens with one attached hydrogen (secondary N) is 1. The van der Waals surface area contributed by atoms with E-state index in [1.54, 1.807) is 24.6 Å². The van der Waals surface area contributed by atoms with Gasteiger partial charge in [0.25, 0.3) is 5.56 Å². The predicted molar refractivity (Wildman–Crippen MR) is 76.2 cm³/mol. The zero-order valence-corrected chi connectivity index (χ0v) is 12.6. The summed E-state index contributed by atoms with van der Waals surface area (Å²) >= 11 is 0. The van der Waals surface area contributed by atoms with Crippen LogP contribution in [-0.2, 0) is 16.4 Å². The van der Waals surface area contributed by atoms with E-state index in [9.17, 15) is 13.2 Å². The first kappa shape index (κ1) is 15.7. The van der Waals surface area contributed by atoms with E-state index in [0.29, 0.717) is 6.54 Å². The van der Waals surface area contributed by atoms with Crippen LogP contribution in [0.2, 0.25) is 0 Å². The van der Waals surface area contributed by atoms with Gasteiger partial charge in [-0.2, -0.15) is 0 Å². The standard InChI is InChI=1S/C12H21N3O3S/c1-5-7-15-8-6-13-10(11(15)16)14-9-12(2,3)19(4,17)18/h6,8H,5,7,9H2,1-4H3,(H,13,14). The topological polar surface area (TPSA) is 81.1 Å². The van der Waals surface area contributed by atoms with E-state index >= 15 is 0 Å². The summed E-state index contributed by atoms with van der Waals surface area (Å²) in [5, 5.41) is 2.83. The van der Waals surface area contributed by atoms with Crippen molar-refractivity contribution < 1.29 is 8.42 Å². The Kier molecular flexibility index (Phi) is 4.73. The fraction of sp³-hybridized carbons (Fsp3) is 0.667. The molecular weight excluding hydrogens is 266 g/mol. The Hall–Kier alpha value is -1.37. The maximum Gasteiger partial charge on any atom is 0.293 e. The molecule has 1 rings (SSSR count). The molecule has 0 spiro atoms. The van der Waals surface area contributed by atoms with Gasteiger partial charge < -0.3 is 9.88 Å². The van der Waals surface area contributed by atoms with Gasteiger partial charge in [-0.3, -0.25) is 4.79 Å². The first-order valence-corrected chi connectivity index (χ1v) is 8.07. The van der Waals surface area contributed by atoms with Crippen LogP contribution in [0.1, 0.15) is 27.2 Å². The average molecular weight is 287 g/mol. The van der Waals surface area contributed by atoms with E-state index in [0.717, 1.165) is 6.42 Å². The summed E-state index contributed by atoms with van der Waals surface area (Å²) in [6, 6.07) is 0. The van der Waals surface area contributed by atoms with Gasteiger partial charge in [0.05, 0.1) is 4.75 Å². The van der Waals surface area contributed by atoms with Crippen LogP contribution < -0.4 is 10.9 Å². The minimum atomic E-state index is -3.20. The Morgan fingerprint density at radius 1 is 1.42 bits per heavy atom.